The average Bonchev–Trinajstić information content (AvgIpc) is 2.56. The SMILES string of the molecule is CCOC(=O)C(=O)CC=C(SCc1ccccc1C)C(=O)OCC. The van der Waals surface area contributed by atoms with Gasteiger partial charge < -0.3 is 9.47 Å². The van der Waals surface area contributed by atoms with Crippen molar-refractivity contribution >= 4 is 29.5 Å². The number of Topliss-reactive ketones (excluding diaryl/α,β-unsaturated/α-hetero) is 1. The molecule has 0 aliphatic heterocycles. The van der Waals surface area contributed by atoms with E-state index in [1.807, 2.05) is 31.2 Å². The molecule has 0 heterocycles. The van der Waals surface area contributed by atoms with Gasteiger partial charge in [0.15, 0.2) is 0 Å². The van der Waals surface area contributed by atoms with E-state index in [1.54, 1.807) is 13.8 Å². The number of aryl methyl sites for hydroxylation is 1. The summed E-state index contributed by atoms with van der Waals surface area (Å²) in [5.74, 6) is -1.49. The van der Waals surface area contributed by atoms with Gasteiger partial charge in [0.1, 0.15) is 0 Å². The number of carbonyl (C=O) groups is 3. The first-order chi connectivity index (χ1) is 11.5. The lowest BCUT2D eigenvalue weighted by Gasteiger charge is -2.08. The molecular weight excluding hydrogens is 328 g/mol. The van der Waals surface area contributed by atoms with Crippen molar-refractivity contribution in [1.29, 1.82) is 0 Å². The van der Waals surface area contributed by atoms with Crippen LogP contribution in [0.1, 0.15) is 31.4 Å². The second-order valence-electron chi connectivity index (χ2n) is 4.85. The van der Waals surface area contributed by atoms with E-state index >= 15 is 0 Å². The van der Waals surface area contributed by atoms with Crippen LogP contribution in [0.4, 0.5) is 0 Å². The molecule has 0 atom stereocenters. The Kier molecular flexibility index (Phi) is 8.86. The lowest BCUT2D eigenvalue weighted by Crippen LogP contribution is -2.16. The number of hydrogen-bond acceptors (Lipinski definition) is 6. The molecule has 0 bridgehead atoms. The quantitative estimate of drug-likeness (QED) is 0.387. The minimum absolute atomic E-state index is 0.140. The Hall–Kier alpha value is -2.08. The first-order valence-corrected chi connectivity index (χ1v) is 8.72. The number of thioether (sulfide) groups is 1. The van der Waals surface area contributed by atoms with Crippen molar-refractivity contribution in [2.45, 2.75) is 32.9 Å². The number of ether oxygens (including phenoxy) is 2. The number of ketones is 1. The van der Waals surface area contributed by atoms with Crippen molar-refractivity contribution < 1.29 is 23.9 Å². The van der Waals surface area contributed by atoms with Gasteiger partial charge in [-0.15, -0.1) is 11.8 Å². The molecule has 0 amide bonds. The fourth-order valence-electron chi connectivity index (χ4n) is 1.81. The third-order valence-electron chi connectivity index (χ3n) is 3.10. The standard InChI is InChI=1S/C18H22O5S/c1-4-22-17(20)15(19)10-11-16(18(21)23-5-2)24-12-14-9-7-6-8-13(14)3/h6-9,11H,4-5,10,12H2,1-3H3. The van der Waals surface area contributed by atoms with Crippen LogP contribution in [0, 0.1) is 6.92 Å². The molecule has 0 spiro atoms. The van der Waals surface area contributed by atoms with Gasteiger partial charge in [-0.05, 0) is 31.9 Å². The minimum Gasteiger partial charge on any atom is -0.462 e. The molecule has 24 heavy (non-hydrogen) atoms. The molecule has 1 rings (SSSR count). The highest BCUT2D eigenvalue weighted by molar-refractivity contribution is 8.03. The number of allylic oxidation sites excluding steroid dienone is 1. The summed E-state index contributed by atoms with van der Waals surface area (Å²) in [4.78, 5) is 35.4. The molecule has 0 aromatic heterocycles. The third-order valence-corrected chi connectivity index (χ3v) is 4.20. The largest absolute Gasteiger partial charge is 0.462 e. The summed E-state index contributed by atoms with van der Waals surface area (Å²) in [5.41, 5.74) is 2.21. The molecule has 6 heteroatoms. The van der Waals surface area contributed by atoms with Gasteiger partial charge in [-0.1, -0.05) is 30.3 Å². The number of hydrogen-bond donors (Lipinski definition) is 0. The predicted octanol–water partition coefficient (Wildman–Crippen LogP) is 3.20. The van der Waals surface area contributed by atoms with Crippen LogP contribution in [0.25, 0.3) is 0 Å². The van der Waals surface area contributed by atoms with Crippen LogP contribution >= 0.6 is 11.8 Å². The number of carbonyl (C=O) groups excluding carboxylic acids is 3. The Bertz CT molecular complexity index is 622. The van der Waals surface area contributed by atoms with E-state index in [-0.39, 0.29) is 19.6 Å². The van der Waals surface area contributed by atoms with Crippen molar-refractivity contribution in [3.8, 4) is 0 Å². The van der Waals surface area contributed by atoms with Gasteiger partial charge in [0, 0.05) is 12.2 Å². The fourth-order valence-corrected chi connectivity index (χ4v) is 2.82. The summed E-state index contributed by atoms with van der Waals surface area (Å²) < 4.78 is 9.66. The first-order valence-electron chi connectivity index (χ1n) is 7.74. The van der Waals surface area contributed by atoms with Crippen LogP contribution in [0.3, 0.4) is 0 Å². The Morgan fingerprint density at radius 2 is 1.67 bits per heavy atom. The van der Waals surface area contributed by atoms with Crippen LogP contribution in [-0.2, 0) is 29.6 Å². The second kappa shape index (κ2) is 10.6. The van der Waals surface area contributed by atoms with Crippen LogP contribution in [0.5, 0.6) is 0 Å². The normalized spacial score (nSPS) is 11.0. The Morgan fingerprint density at radius 3 is 2.29 bits per heavy atom. The molecule has 130 valence electrons. The van der Waals surface area contributed by atoms with Crippen LogP contribution in [0.2, 0.25) is 0 Å². The van der Waals surface area contributed by atoms with Crippen LogP contribution in [0.15, 0.2) is 35.2 Å². The lowest BCUT2D eigenvalue weighted by molar-refractivity contribution is -0.153. The molecule has 0 radical (unpaired) electrons. The van der Waals surface area contributed by atoms with Crippen molar-refractivity contribution in [2.24, 2.45) is 0 Å². The maximum absolute atomic E-state index is 12.0. The molecule has 0 N–H and O–H groups in total. The molecule has 0 aliphatic carbocycles. The number of benzene rings is 1. The lowest BCUT2D eigenvalue weighted by atomic mass is 10.1. The molecular formula is C18H22O5S. The fraction of sp³-hybridized carbons (Fsp3) is 0.389. The smallest absolute Gasteiger partial charge is 0.374 e. The Morgan fingerprint density at radius 1 is 1.04 bits per heavy atom. The van der Waals surface area contributed by atoms with Gasteiger partial charge >= 0.3 is 11.9 Å². The zero-order valence-corrected chi connectivity index (χ0v) is 15.0. The Labute approximate surface area is 146 Å². The van der Waals surface area contributed by atoms with Gasteiger partial charge in [-0.2, -0.15) is 0 Å². The monoisotopic (exact) mass is 350 g/mol. The topological polar surface area (TPSA) is 69.7 Å². The molecule has 5 nitrogen and oxygen atoms in total. The van der Waals surface area contributed by atoms with Gasteiger partial charge in [-0.25, -0.2) is 9.59 Å². The van der Waals surface area contributed by atoms with Crippen LogP contribution in [-0.4, -0.2) is 30.9 Å². The highest BCUT2D eigenvalue weighted by Gasteiger charge is 2.17. The van der Waals surface area contributed by atoms with E-state index in [0.29, 0.717) is 10.7 Å². The van der Waals surface area contributed by atoms with Crippen molar-refractivity contribution in [3.63, 3.8) is 0 Å². The second-order valence-corrected chi connectivity index (χ2v) is 5.87. The molecule has 1 aromatic rings. The van der Waals surface area contributed by atoms with Crippen molar-refractivity contribution in [2.75, 3.05) is 13.2 Å². The van der Waals surface area contributed by atoms with E-state index in [4.69, 9.17) is 4.74 Å². The van der Waals surface area contributed by atoms with Crippen molar-refractivity contribution in [1.82, 2.24) is 0 Å². The molecule has 1 aromatic carbocycles. The highest BCUT2D eigenvalue weighted by atomic mass is 32.2. The summed E-state index contributed by atoms with van der Waals surface area (Å²) in [6.07, 6.45) is 1.24. The molecule has 0 saturated carbocycles. The van der Waals surface area contributed by atoms with Gasteiger partial charge in [0.25, 0.3) is 0 Å². The summed E-state index contributed by atoms with van der Waals surface area (Å²) in [5, 5.41) is 0. The van der Waals surface area contributed by atoms with E-state index in [1.165, 1.54) is 17.8 Å². The summed E-state index contributed by atoms with van der Waals surface area (Å²) in [7, 11) is 0. The maximum Gasteiger partial charge on any atom is 0.374 e. The third kappa shape index (κ3) is 6.58. The first kappa shape index (κ1) is 20.0. The average molecular weight is 350 g/mol. The zero-order valence-electron chi connectivity index (χ0n) is 14.2. The summed E-state index contributed by atoms with van der Waals surface area (Å²) in [6, 6.07) is 7.85. The number of rotatable bonds is 9. The molecule has 0 aliphatic rings. The van der Waals surface area contributed by atoms with E-state index in [0.717, 1.165) is 11.1 Å². The van der Waals surface area contributed by atoms with Gasteiger partial charge in [-0.3, -0.25) is 4.79 Å². The van der Waals surface area contributed by atoms with Gasteiger partial charge in [0.05, 0.1) is 18.1 Å². The van der Waals surface area contributed by atoms with E-state index in [2.05, 4.69) is 4.74 Å². The predicted molar refractivity (Wildman–Crippen MR) is 93.4 cm³/mol. The highest BCUT2D eigenvalue weighted by Crippen LogP contribution is 2.24. The maximum atomic E-state index is 12.0. The van der Waals surface area contributed by atoms with E-state index in [9.17, 15) is 14.4 Å². The molecule has 0 fully saturated rings. The van der Waals surface area contributed by atoms with Crippen LogP contribution < -0.4 is 0 Å². The number of esters is 2. The summed E-state index contributed by atoms with van der Waals surface area (Å²) >= 11 is 1.29. The zero-order chi connectivity index (χ0) is 17.9. The minimum atomic E-state index is -0.888. The molecule has 0 unspecified atom stereocenters. The van der Waals surface area contributed by atoms with Crippen molar-refractivity contribution in [3.05, 3.63) is 46.4 Å². The van der Waals surface area contributed by atoms with Gasteiger partial charge in [0.2, 0.25) is 5.78 Å². The molecule has 0 saturated heterocycles. The van der Waals surface area contributed by atoms with E-state index < -0.39 is 17.7 Å². The Balaban J connectivity index is 2.78. The summed E-state index contributed by atoms with van der Waals surface area (Å²) in [6.45, 7) is 5.72.